The molecule has 2 aliphatic rings. The molecular formula is C14H27N3O. The van der Waals surface area contributed by atoms with E-state index in [0.717, 1.165) is 51.6 Å². The van der Waals surface area contributed by atoms with Crippen LogP contribution in [0.3, 0.4) is 0 Å². The normalized spacial score (nSPS) is 25.3. The molecule has 2 rings (SSSR count). The molecule has 4 nitrogen and oxygen atoms in total. The van der Waals surface area contributed by atoms with Crippen LogP contribution in [0.25, 0.3) is 0 Å². The molecule has 0 unspecified atom stereocenters. The highest BCUT2D eigenvalue weighted by atomic mass is 16.2. The van der Waals surface area contributed by atoms with E-state index >= 15 is 0 Å². The first-order valence-corrected chi connectivity index (χ1v) is 7.25. The zero-order chi connectivity index (χ0) is 13.2. The van der Waals surface area contributed by atoms with Crippen LogP contribution in [0, 0.1) is 5.41 Å². The minimum Gasteiger partial charge on any atom is -0.342 e. The van der Waals surface area contributed by atoms with Gasteiger partial charge in [0.25, 0.3) is 0 Å². The topological polar surface area (TPSA) is 49.6 Å². The third kappa shape index (κ3) is 2.54. The second-order valence-corrected chi connectivity index (χ2v) is 6.14. The highest BCUT2D eigenvalue weighted by Gasteiger charge is 2.43. The van der Waals surface area contributed by atoms with Crippen LogP contribution in [-0.4, -0.2) is 55.5 Å². The Bertz CT molecular complexity index is 291. The lowest BCUT2D eigenvalue weighted by Crippen LogP contribution is -2.51. The molecule has 1 heterocycles. The van der Waals surface area contributed by atoms with Crippen LogP contribution in [0.1, 0.15) is 38.5 Å². The standard InChI is InChI=1S/C14H27N3O/c1-16-9-5-12(6-10-16)17(2)13(18)14(11-15)7-3-4-8-14/h12H,3-11,15H2,1-2H3. The highest BCUT2D eigenvalue weighted by Crippen LogP contribution is 2.39. The molecule has 0 aromatic carbocycles. The summed E-state index contributed by atoms with van der Waals surface area (Å²) in [5, 5.41) is 0. The second kappa shape index (κ2) is 5.57. The van der Waals surface area contributed by atoms with Crippen molar-refractivity contribution in [3.05, 3.63) is 0 Å². The molecule has 1 aliphatic heterocycles. The van der Waals surface area contributed by atoms with Crippen LogP contribution in [0.4, 0.5) is 0 Å². The Labute approximate surface area is 110 Å². The quantitative estimate of drug-likeness (QED) is 0.818. The Hall–Kier alpha value is -0.610. The van der Waals surface area contributed by atoms with Crippen molar-refractivity contribution in [2.75, 3.05) is 33.7 Å². The van der Waals surface area contributed by atoms with Gasteiger partial charge >= 0.3 is 0 Å². The molecule has 4 heteroatoms. The lowest BCUT2D eigenvalue weighted by molar-refractivity contribution is -0.143. The first kappa shape index (κ1) is 13.8. The maximum absolute atomic E-state index is 12.7. The molecular weight excluding hydrogens is 226 g/mol. The minimum atomic E-state index is -0.238. The first-order chi connectivity index (χ1) is 8.59. The monoisotopic (exact) mass is 253 g/mol. The maximum Gasteiger partial charge on any atom is 0.230 e. The largest absolute Gasteiger partial charge is 0.342 e. The van der Waals surface area contributed by atoms with Gasteiger partial charge in [0.1, 0.15) is 0 Å². The Morgan fingerprint density at radius 2 is 1.89 bits per heavy atom. The molecule has 0 aromatic heterocycles. The summed E-state index contributed by atoms with van der Waals surface area (Å²) < 4.78 is 0. The number of amides is 1. The average molecular weight is 253 g/mol. The fraction of sp³-hybridized carbons (Fsp3) is 0.929. The Balaban J connectivity index is 1.99. The van der Waals surface area contributed by atoms with Gasteiger partial charge in [0, 0.05) is 19.6 Å². The van der Waals surface area contributed by atoms with Gasteiger partial charge in [-0.1, -0.05) is 12.8 Å². The summed E-state index contributed by atoms with van der Waals surface area (Å²) in [6, 6.07) is 0.415. The predicted octanol–water partition coefficient (Wildman–Crippen LogP) is 1.06. The van der Waals surface area contributed by atoms with Crippen LogP contribution in [0.15, 0.2) is 0 Å². The van der Waals surface area contributed by atoms with Crippen molar-refractivity contribution in [1.82, 2.24) is 9.80 Å². The fourth-order valence-corrected chi connectivity index (χ4v) is 3.48. The Morgan fingerprint density at radius 1 is 1.33 bits per heavy atom. The van der Waals surface area contributed by atoms with E-state index in [4.69, 9.17) is 5.73 Å². The van der Waals surface area contributed by atoms with E-state index in [0.29, 0.717) is 18.5 Å². The Morgan fingerprint density at radius 3 is 2.39 bits per heavy atom. The summed E-state index contributed by atoms with van der Waals surface area (Å²) in [5.41, 5.74) is 5.67. The van der Waals surface area contributed by atoms with Gasteiger partial charge in [-0.25, -0.2) is 0 Å². The fourth-order valence-electron chi connectivity index (χ4n) is 3.48. The van der Waals surface area contributed by atoms with E-state index in [1.54, 1.807) is 0 Å². The van der Waals surface area contributed by atoms with Crippen molar-refractivity contribution >= 4 is 5.91 Å². The van der Waals surface area contributed by atoms with Crippen molar-refractivity contribution < 1.29 is 4.79 Å². The molecule has 1 saturated heterocycles. The zero-order valence-electron chi connectivity index (χ0n) is 11.8. The van der Waals surface area contributed by atoms with Gasteiger partial charge in [-0.3, -0.25) is 4.79 Å². The second-order valence-electron chi connectivity index (χ2n) is 6.14. The molecule has 1 amide bonds. The van der Waals surface area contributed by atoms with E-state index in [1.807, 2.05) is 11.9 Å². The van der Waals surface area contributed by atoms with Crippen molar-refractivity contribution in [2.24, 2.45) is 11.1 Å². The maximum atomic E-state index is 12.7. The molecule has 2 N–H and O–H groups in total. The third-order valence-corrected chi connectivity index (χ3v) is 4.96. The van der Waals surface area contributed by atoms with Crippen molar-refractivity contribution in [3.63, 3.8) is 0 Å². The lowest BCUT2D eigenvalue weighted by Gasteiger charge is -2.39. The van der Waals surface area contributed by atoms with Gasteiger partial charge in [0.15, 0.2) is 0 Å². The molecule has 0 atom stereocenters. The van der Waals surface area contributed by atoms with E-state index < -0.39 is 0 Å². The smallest absolute Gasteiger partial charge is 0.230 e. The number of hydrogen-bond donors (Lipinski definition) is 1. The van der Waals surface area contributed by atoms with Crippen molar-refractivity contribution in [1.29, 1.82) is 0 Å². The zero-order valence-corrected chi connectivity index (χ0v) is 11.8. The minimum absolute atomic E-state index is 0.238. The third-order valence-electron chi connectivity index (χ3n) is 4.96. The molecule has 0 bridgehead atoms. The Kier molecular flexibility index (Phi) is 4.28. The number of hydrogen-bond acceptors (Lipinski definition) is 3. The van der Waals surface area contributed by atoms with Gasteiger partial charge in [-0.2, -0.15) is 0 Å². The molecule has 2 fully saturated rings. The summed E-state index contributed by atoms with van der Waals surface area (Å²) in [5.74, 6) is 0.303. The number of nitrogens with two attached hydrogens (primary N) is 1. The van der Waals surface area contributed by atoms with Crippen molar-refractivity contribution in [2.45, 2.75) is 44.6 Å². The number of nitrogens with zero attached hydrogens (tertiary/aromatic N) is 2. The lowest BCUT2D eigenvalue weighted by atomic mass is 9.84. The molecule has 0 radical (unpaired) electrons. The average Bonchev–Trinajstić information content (AvgIpc) is 2.88. The van der Waals surface area contributed by atoms with E-state index in [2.05, 4.69) is 11.9 Å². The van der Waals surface area contributed by atoms with Crippen LogP contribution < -0.4 is 5.73 Å². The molecule has 18 heavy (non-hydrogen) atoms. The summed E-state index contributed by atoms with van der Waals surface area (Å²) in [6.45, 7) is 2.71. The molecule has 0 aromatic rings. The molecule has 1 aliphatic carbocycles. The van der Waals surface area contributed by atoms with Gasteiger partial charge in [-0.15, -0.1) is 0 Å². The van der Waals surface area contributed by atoms with Crippen molar-refractivity contribution in [3.8, 4) is 0 Å². The number of likely N-dealkylation sites (tertiary alicyclic amines) is 1. The summed E-state index contributed by atoms with van der Waals surface area (Å²) in [6.07, 6.45) is 6.48. The highest BCUT2D eigenvalue weighted by molar-refractivity contribution is 5.83. The van der Waals surface area contributed by atoms with Gasteiger partial charge in [-0.05, 0) is 45.8 Å². The van der Waals surface area contributed by atoms with Crippen LogP contribution >= 0.6 is 0 Å². The first-order valence-electron chi connectivity index (χ1n) is 7.25. The van der Waals surface area contributed by atoms with E-state index in [-0.39, 0.29) is 5.41 Å². The predicted molar refractivity (Wildman–Crippen MR) is 73.2 cm³/mol. The van der Waals surface area contributed by atoms with E-state index in [1.165, 1.54) is 0 Å². The van der Waals surface area contributed by atoms with E-state index in [9.17, 15) is 4.79 Å². The van der Waals surface area contributed by atoms with Gasteiger partial charge in [0.2, 0.25) is 5.91 Å². The number of carbonyl (C=O) groups is 1. The molecule has 104 valence electrons. The molecule has 1 saturated carbocycles. The SMILES string of the molecule is CN1CCC(N(C)C(=O)C2(CN)CCCC2)CC1. The van der Waals surface area contributed by atoms with Crippen LogP contribution in [0.5, 0.6) is 0 Å². The summed E-state index contributed by atoms with van der Waals surface area (Å²) in [4.78, 5) is 17.1. The summed E-state index contributed by atoms with van der Waals surface area (Å²) >= 11 is 0. The van der Waals surface area contributed by atoms with Crippen LogP contribution in [0.2, 0.25) is 0 Å². The summed E-state index contributed by atoms with van der Waals surface area (Å²) in [7, 11) is 4.13. The number of piperidine rings is 1. The number of rotatable bonds is 3. The van der Waals surface area contributed by atoms with Crippen LogP contribution in [-0.2, 0) is 4.79 Å². The van der Waals surface area contributed by atoms with Gasteiger partial charge in [0.05, 0.1) is 5.41 Å². The van der Waals surface area contributed by atoms with Gasteiger partial charge < -0.3 is 15.5 Å². The number of carbonyl (C=O) groups excluding carboxylic acids is 1. The molecule has 0 spiro atoms.